The molecule has 0 heteroatoms. The van der Waals surface area contributed by atoms with E-state index in [1.807, 2.05) is 0 Å². The summed E-state index contributed by atoms with van der Waals surface area (Å²) in [6.07, 6.45) is 11.2. The van der Waals surface area contributed by atoms with E-state index < -0.39 is 0 Å². The van der Waals surface area contributed by atoms with E-state index in [4.69, 9.17) is 0 Å². The van der Waals surface area contributed by atoms with Gasteiger partial charge in [0, 0.05) is 11.8 Å². The van der Waals surface area contributed by atoms with Gasteiger partial charge in [-0.05, 0) is 43.6 Å². The Balaban J connectivity index is 0. The normalized spacial score (nSPS) is 17.5. The summed E-state index contributed by atoms with van der Waals surface area (Å²) in [5.74, 6) is 8.46. The quantitative estimate of drug-likeness (QED) is 0.232. The average molecular weight is 425 g/mol. The number of hydrogen-bond acceptors (Lipinski definition) is 0. The fraction of sp³-hybridized carbons (Fsp3) is 0.613. The maximum atomic E-state index is 4.11. The monoisotopic (exact) mass is 424 g/mol. The van der Waals surface area contributed by atoms with E-state index in [2.05, 4.69) is 96.9 Å². The van der Waals surface area contributed by atoms with Gasteiger partial charge in [-0.25, -0.2) is 0 Å². The largest absolute Gasteiger partial charge is 0.0999 e. The molecular weight excluding hydrogens is 372 g/mol. The molecule has 0 nitrogen and oxygen atoms in total. The van der Waals surface area contributed by atoms with Crippen LogP contribution in [0.3, 0.4) is 0 Å². The molecule has 176 valence electrons. The molecule has 0 N–H and O–H groups in total. The average Bonchev–Trinajstić information content (AvgIpc) is 3.09. The van der Waals surface area contributed by atoms with Crippen LogP contribution in [0.15, 0.2) is 54.6 Å². The molecule has 0 aromatic heterocycles. The number of hydrogen-bond donors (Lipinski definition) is 0. The van der Waals surface area contributed by atoms with Crippen molar-refractivity contribution in [2.45, 2.75) is 107 Å². The molecule has 0 radical (unpaired) electrons. The van der Waals surface area contributed by atoms with E-state index in [0.717, 1.165) is 25.7 Å². The van der Waals surface area contributed by atoms with E-state index in [9.17, 15) is 0 Å². The van der Waals surface area contributed by atoms with Crippen molar-refractivity contribution in [2.75, 3.05) is 0 Å². The minimum atomic E-state index is 0. The van der Waals surface area contributed by atoms with Gasteiger partial charge in [-0.15, -0.1) is 0 Å². The summed E-state index contributed by atoms with van der Waals surface area (Å²) in [6, 6.07) is 10.6. The molecule has 1 aromatic carbocycles. The van der Waals surface area contributed by atoms with E-state index in [1.165, 1.54) is 48.8 Å². The molecule has 0 saturated heterocycles. The van der Waals surface area contributed by atoms with Crippen LogP contribution >= 0.6 is 0 Å². The first-order valence-electron chi connectivity index (χ1n) is 12.3. The van der Waals surface area contributed by atoms with Gasteiger partial charge in [-0.3, -0.25) is 0 Å². The van der Waals surface area contributed by atoms with Gasteiger partial charge >= 0.3 is 0 Å². The predicted molar refractivity (Wildman–Crippen MR) is 144 cm³/mol. The van der Waals surface area contributed by atoms with Crippen molar-refractivity contribution in [3.05, 3.63) is 60.2 Å². The first kappa shape index (κ1) is 31.4. The van der Waals surface area contributed by atoms with Crippen molar-refractivity contribution in [1.29, 1.82) is 0 Å². The molecule has 1 aliphatic rings. The molecule has 1 fully saturated rings. The van der Waals surface area contributed by atoms with Crippen molar-refractivity contribution in [1.82, 2.24) is 0 Å². The topological polar surface area (TPSA) is 0 Å². The lowest BCUT2D eigenvalue weighted by atomic mass is 9.95. The zero-order valence-corrected chi connectivity index (χ0v) is 20.9. The number of rotatable bonds is 7. The van der Waals surface area contributed by atoms with E-state index in [-0.39, 0.29) is 7.43 Å². The zero-order chi connectivity index (χ0) is 22.8. The van der Waals surface area contributed by atoms with Crippen LogP contribution in [0.25, 0.3) is 0 Å². The molecule has 0 aliphatic heterocycles. The summed E-state index contributed by atoms with van der Waals surface area (Å²) >= 11 is 0. The van der Waals surface area contributed by atoms with Crippen LogP contribution in [0.4, 0.5) is 0 Å². The molecular formula is C31H52. The van der Waals surface area contributed by atoms with Gasteiger partial charge in [-0.2, -0.15) is 0 Å². The first-order valence-corrected chi connectivity index (χ1v) is 12.3. The second-order valence-electron chi connectivity index (χ2n) is 8.64. The number of allylic oxidation sites excluding steroid dienone is 2. The van der Waals surface area contributed by atoms with Gasteiger partial charge in [0.15, 0.2) is 0 Å². The van der Waals surface area contributed by atoms with Gasteiger partial charge in [0.1, 0.15) is 0 Å². The molecule has 31 heavy (non-hydrogen) atoms. The molecule has 1 aromatic rings. The summed E-state index contributed by atoms with van der Waals surface area (Å²) in [7, 11) is 0. The minimum Gasteiger partial charge on any atom is -0.0999 e. The van der Waals surface area contributed by atoms with Crippen LogP contribution in [0, 0.1) is 29.6 Å². The van der Waals surface area contributed by atoms with Crippen LogP contribution in [-0.4, -0.2) is 0 Å². The van der Waals surface area contributed by atoms with Crippen molar-refractivity contribution in [3.8, 4) is 11.8 Å². The molecule has 3 atom stereocenters. The van der Waals surface area contributed by atoms with Gasteiger partial charge in [0.05, 0.1) is 0 Å². The Bertz CT molecular complexity index is 615. The summed E-state index contributed by atoms with van der Waals surface area (Å²) in [4.78, 5) is 0. The van der Waals surface area contributed by atoms with Gasteiger partial charge in [-0.1, -0.05) is 141 Å². The Kier molecular flexibility index (Phi) is 20.5. The van der Waals surface area contributed by atoms with Crippen LogP contribution in [-0.2, 0) is 6.42 Å². The van der Waals surface area contributed by atoms with Gasteiger partial charge in [0.25, 0.3) is 0 Å². The second-order valence-corrected chi connectivity index (χ2v) is 8.64. The SMILES string of the molecule is C.C=C(CC)CC.C=C1CCC(C#CC(C)Cc2ccccc2)C1C.CCCCCC. The van der Waals surface area contributed by atoms with Crippen molar-refractivity contribution >= 4 is 0 Å². The van der Waals surface area contributed by atoms with E-state index in [1.54, 1.807) is 0 Å². The molecule has 1 aliphatic carbocycles. The Morgan fingerprint density at radius 1 is 1.03 bits per heavy atom. The van der Waals surface area contributed by atoms with Crippen LogP contribution < -0.4 is 0 Å². The number of unbranched alkanes of at least 4 members (excludes halogenated alkanes) is 3. The summed E-state index contributed by atoms with van der Waals surface area (Å²) in [6.45, 7) is 21.1. The van der Waals surface area contributed by atoms with Gasteiger partial charge < -0.3 is 0 Å². The highest BCUT2D eigenvalue weighted by Gasteiger charge is 2.24. The predicted octanol–water partition coefficient (Wildman–Crippen LogP) is 10.1. The van der Waals surface area contributed by atoms with Crippen molar-refractivity contribution in [3.63, 3.8) is 0 Å². The highest BCUT2D eigenvalue weighted by Crippen LogP contribution is 2.34. The van der Waals surface area contributed by atoms with Crippen LogP contribution in [0.1, 0.15) is 106 Å². The first-order chi connectivity index (χ1) is 14.4. The Hall–Kier alpha value is -1.74. The molecule has 0 bridgehead atoms. The minimum absolute atomic E-state index is 0. The maximum Gasteiger partial charge on any atom is 0.0268 e. The Labute approximate surface area is 196 Å². The fourth-order valence-corrected chi connectivity index (χ4v) is 3.32. The highest BCUT2D eigenvalue weighted by atomic mass is 14.3. The summed E-state index contributed by atoms with van der Waals surface area (Å²) in [5, 5.41) is 0. The lowest BCUT2D eigenvalue weighted by molar-refractivity contribution is 0.566. The third-order valence-electron chi connectivity index (χ3n) is 5.88. The molecule has 2 rings (SSSR count). The summed E-state index contributed by atoms with van der Waals surface area (Å²) in [5.41, 5.74) is 4.10. The lowest BCUT2D eigenvalue weighted by Crippen LogP contribution is -2.03. The van der Waals surface area contributed by atoms with Gasteiger partial charge in [0.2, 0.25) is 0 Å². The summed E-state index contributed by atoms with van der Waals surface area (Å²) < 4.78 is 0. The third kappa shape index (κ3) is 15.7. The standard InChI is InChI=1S/C18H22.C6H12.C6H14.CH4/c1-14(13-17-7-5-4-6-8-17)9-11-18-12-10-15(2)16(18)3;1-4-6(3)5-2;1-3-5-6-4-2;/h4-8,14,16,18H,2,10,12-13H2,1,3H3;3-5H2,1-2H3;3-6H2,1-2H3;1H4. The van der Waals surface area contributed by atoms with Crippen molar-refractivity contribution in [2.24, 2.45) is 17.8 Å². The van der Waals surface area contributed by atoms with Crippen molar-refractivity contribution < 1.29 is 0 Å². The molecule has 0 heterocycles. The molecule has 1 saturated carbocycles. The molecule has 0 amide bonds. The maximum absolute atomic E-state index is 4.11. The van der Waals surface area contributed by atoms with Crippen LogP contribution in [0.2, 0.25) is 0 Å². The molecule has 0 spiro atoms. The van der Waals surface area contributed by atoms with E-state index in [0.29, 0.717) is 17.8 Å². The molecule has 3 unspecified atom stereocenters. The smallest absolute Gasteiger partial charge is 0.0268 e. The Morgan fingerprint density at radius 2 is 1.58 bits per heavy atom. The third-order valence-corrected chi connectivity index (χ3v) is 5.88. The Morgan fingerprint density at radius 3 is 1.97 bits per heavy atom. The fourth-order valence-electron chi connectivity index (χ4n) is 3.32. The second kappa shape index (κ2) is 20.2. The van der Waals surface area contributed by atoms with Crippen LogP contribution in [0.5, 0.6) is 0 Å². The number of benzene rings is 1. The zero-order valence-electron chi connectivity index (χ0n) is 20.9. The highest BCUT2D eigenvalue weighted by molar-refractivity contribution is 5.21. The van der Waals surface area contributed by atoms with E-state index >= 15 is 0 Å². The lowest BCUT2D eigenvalue weighted by Gasteiger charge is -2.09.